The molecule has 4 rings (SSSR count). The molecule has 0 bridgehead atoms. The van der Waals surface area contributed by atoms with E-state index in [0.29, 0.717) is 5.56 Å². The lowest BCUT2D eigenvalue weighted by atomic mass is 9.82. The van der Waals surface area contributed by atoms with Crippen LogP contribution < -0.4 is 4.74 Å². The molecule has 14 heteroatoms. The van der Waals surface area contributed by atoms with E-state index in [1.165, 1.54) is 37.5 Å². The fraction of sp³-hybridized carbons (Fsp3) is 0.481. The van der Waals surface area contributed by atoms with Crippen molar-refractivity contribution in [2.75, 3.05) is 26.9 Å². The number of fused-ring (bicyclic) bond motifs is 1. The van der Waals surface area contributed by atoms with E-state index in [9.17, 15) is 45.3 Å². The van der Waals surface area contributed by atoms with E-state index in [4.69, 9.17) is 23.7 Å². The number of ketones is 1. The van der Waals surface area contributed by atoms with Gasteiger partial charge in [0.25, 0.3) is 0 Å². The van der Waals surface area contributed by atoms with Gasteiger partial charge in [-0.2, -0.15) is 0 Å². The molecular formula is C27H32O14. The highest BCUT2D eigenvalue weighted by Crippen LogP contribution is 2.45. The van der Waals surface area contributed by atoms with Crippen molar-refractivity contribution in [2.45, 2.75) is 43.1 Å². The molecule has 3 aliphatic rings. The number of phenolic OH excluding ortho intramolecular Hbond substituents is 1. The van der Waals surface area contributed by atoms with Crippen molar-refractivity contribution in [2.24, 2.45) is 11.8 Å². The largest absolute Gasteiger partial charge is 0.504 e. The van der Waals surface area contributed by atoms with Gasteiger partial charge in [0.1, 0.15) is 31.0 Å². The third kappa shape index (κ3) is 6.45. The van der Waals surface area contributed by atoms with Crippen molar-refractivity contribution in [1.29, 1.82) is 0 Å². The number of hydrogen-bond donors (Lipinski definition) is 7. The van der Waals surface area contributed by atoms with Gasteiger partial charge in [-0.05, 0) is 29.3 Å². The third-order valence-corrected chi connectivity index (χ3v) is 7.16. The zero-order chi connectivity index (χ0) is 29.8. The molecule has 1 aromatic carbocycles. The summed E-state index contributed by atoms with van der Waals surface area (Å²) >= 11 is 0. The molecule has 1 aromatic rings. The molecule has 0 radical (unpaired) electrons. The predicted molar refractivity (Wildman–Crippen MR) is 136 cm³/mol. The second kappa shape index (κ2) is 13.1. The number of carbonyl (C=O) groups excluding carboxylic acids is 1. The third-order valence-electron chi connectivity index (χ3n) is 7.16. The number of phenols is 1. The first kappa shape index (κ1) is 30.6. The van der Waals surface area contributed by atoms with Crippen LogP contribution in [0.1, 0.15) is 5.56 Å². The molecular weight excluding hydrogens is 548 g/mol. The van der Waals surface area contributed by atoms with Gasteiger partial charge in [-0.1, -0.05) is 18.2 Å². The van der Waals surface area contributed by atoms with Gasteiger partial charge in [-0.15, -0.1) is 0 Å². The van der Waals surface area contributed by atoms with Gasteiger partial charge in [0.05, 0.1) is 44.2 Å². The lowest BCUT2D eigenvalue weighted by Gasteiger charge is -2.43. The van der Waals surface area contributed by atoms with Crippen molar-refractivity contribution in [3.05, 3.63) is 53.3 Å². The zero-order valence-electron chi connectivity index (χ0n) is 21.8. The number of hydrogen-bond acceptors (Lipinski definition) is 13. The molecule has 41 heavy (non-hydrogen) atoms. The van der Waals surface area contributed by atoms with Crippen molar-refractivity contribution in [3.8, 4) is 11.5 Å². The Morgan fingerprint density at radius 1 is 1.05 bits per heavy atom. The van der Waals surface area contributed by atoms with Crippen LogP contribution in [0.3, 0.4) is 0 Å². The minimum absolute atomic E-state index is 0.0610. The molecule has 7 N–H and O–H groups in total. The molecule has 2 heterocycles. The highest BCUT2D eigenvalue weighted by molar-refractivity contribution is 5.94. The van der Waals surface area contributed by atoms with Crippen LogP contribution in [0.25, 0.3) is 6.08 Å². The van der Waals surface area contributed by atoms with Crippen LogP contribution >= 0.6 is 0 Å². The van der Waals surface area contributed by atoms with Crippen molar-refractivity contribution >= 4 is 17.8 Å². The molecule has 0 saturated carbocycles. The molecule has 9 atom stereocenters. The Bertz CT molecular complexity index is 1210. The minimum atomic E-state index is -1.74. The summed E-state index contributed by atoms with van der Waals surface area (Å²) in [5, 5.41) is 69.5. The molecule has 0 spiro atoms. The van der Waals surface area contributed by atoms with Gasteiger partial charge in [0, 0.05) is 5.92 Å². The number of aliphatic hydroxyl groups is 5. The van der Waals surface area contributed by atoms with E-state index in [-0.39, 0.29) is 22.6 Å². The molecule has 14 nitrogen and oxygen atoms in total. The number of methoxy groups -OCH3 is 1. The van der Waals surface area contributed by atoms with Crippen molar-refractivity contribution < 1.29 is 69.0 Å². The van der Waals surface area contributed by atoms with E-state index in [1.54, 1.807) is 6.07 Å². The molecule has 224 valence electrons. The number of aliphatic hydroxyl groups excluding tert-OH is 5. The number of ether oxygens (including phenoxy) is 5. The molecule has 1 aliphatic carbocycles. The summed E-state index contributed by atoms with van der Waals surface area (Å²) in [5.41, 5.74) is 0.637. The first-order chi connectivity index (χ1) is 19.6. The number of aromatic hydroxyl groups is 1. The lowest BCUT2D eigenvalue weighted by Crippen LogP contribution is -2.60. The predicted octanol–water partition coefficient (Wildman–Crippen LogP) is -1.33. The first-order valence-corrected chi connectivity index (χ1v) is 12.6. The Balaban J connectivity index is 1.49. The average molecular weight is 581 g/mol. The van der Waals surface area contributed by atoms with E-state index >= 15 is 0 Å². The number of carboxylic acids is 1. The summed E-state index contributed by atoms with van der Waals surface area (Å²) < 4.78 is 27.4. The summed E-state index contributed by atoms with van der Waals surface area (Å²) in [6.45, 7) is -1.67. The van der Waals surface area contributed by atoms with E-state index in [1.807, 2.05) is 0 Å². The quantitative estimate of drug-likeness (QED) is 0.119. The maximum Gasteiger partial charge on any atom is 0.335 e. The summed E-state index contributed by atoms with van der Waals surface area (Å²) in [6.07, 6.45) is -5.10. The fourth-order valence-electron chi connectivity index (χ4n) is 5.02. The molecule has 0 aromatic heterocycles. The summed E-state index contributed by atoms with van der Waals surface area (Å²) in [5.74, 6) is -3.56. The first-order valence-electron chi connectivity index (χ1n) is 12.6. The van der Waals surface area contributed by atoms with Crippen LogP contribution in [0.2, 0.25) is 0 Å². The monoisotopic (exact) mass is 580 g/mol. The Morgan fingerprint density at radius 2 is 1.80 bits per heavy atom. The van der Waals surface area contributed by atoms with Gasteiger partial charge in [0.2, 0.25) is 6.29 Å². The van der Waals surface area contributed by atoms with E-state index < -0.39 is 86.5 Å². The van der Waals surface area contributed by atoms with Crippen LogP contribution in [-0.2, 0) is 28.5 Å². The topological polar surface area (TPSA) is 222 Å². The van der Waals surface area contributed by atoms with Gasteiger partial charge in [0.15, 0.2) is 23.6 Å². The van der Waals surface area contributed by atoms with Crippen LogP contribution in [-0.4, -0.2) is 118 Å². The molecule has 1 fully saturated rings. The SMILES string of the molecule is COc1cc(C=CC(=O)CO[C@H]2C=C(CO)[C@@H]3[C@H](O[C@H]4O[C@@H](CO)[C@H](O)[C@H](O)[C@@H]4O)OC=C(C(=O)O)[C@@H]32)ccc1O. The lowest BCUT2D eigenvalue weighted by molar-refractivity contribution is -0.340. The smallest absolute Gasteiger partial charge is 0.335 e. The second-order valence-electron chi connectivity index (χ2n) is 9.67. The van der Waals surface area contributed by atoms with Crippen LogP contribution in [0.15, 0.2) is 47.8 Å². The Kier molecular flexibility index (Phi) is 9.78. The van der Waals surface area contributed by atoms with Crippen molar-refractivity contribution in [1.82, 2.24) is 0 Å². The zero-order valence-corrected chi connectivity index (χ0v) is 21.8. The maximum absolute atomic E-state index is 12.5. The van der Waals surface area contributed by atoms with Crippen LogP contribution in [0, 0.1) is 11.8 Å². The van der Waals surface area contributed by atoms with E-state index in [0.717, 1.165) is 6.26 Å². The Morgan fingerprint density at radius 3 is 2.46 bits per heavy atom. The second-order valence-corrected chi connectivity index (χ2v) is 9.67. The maximum atomic E-state index is 12.5. The van der Waals surface area contributed by atoms with Crippen molar-refractivity contribution in [3.63, 3.8) is 0 Å². The van der Waals surface area contributed by atoms with Gasteiger partial charge in [-0.3, -0.25) is 4.79 Å². The standard InChI is InChI=1S/C27H32O14/c1-37-17-6-12(3-5-16(17)31)2-4-14(30)10-38-18-7-13(8-28)20-21(18)15(25(35)36)11-39-26(20)41-27-24(34)23(33)22(32)19(9-29)40-27/h2-7,11,18-24,26-29,31-34H,8-10H2,1H3,(H,35,36)/t18-,19-,20-,21+,22-,23-,24-,26-,27+/m0/s1. The van der Waals surface area contributed by atoms with Gasteiger partial charge >= 0.3 is 5.97 Å². The van der Waals surface area contributed by atoms with Gasteiger partial charge in [-0.25, -0.2) is 4.79 Å². The number of carbonyl (C=O) groups is 2. The molecule has 1 saturated heterocycles. The molecule has 2 aliphatic heterocycles. The number of benzene rings is 1. The average Bonchev–Trinajstić information content (AvgIpc) is 3.34. The highest BCUT2D eigenvalue weighted by atomic mass is 16.8. The summed E-state index contributed by atoms with van der Waals surface area (Å²) in [6, 6.07) is 4.51. The van der Waals surface area contributed by atoms with E-state index in [2.05, 4.69) is 0 Å². The number of aliphatic carboxylic acids is 1. The summed E-state index contributed by atoms with van der Waals surface area (Å²) in [7, 11) is 1.39. The fourth-order valence-corrected chi connectivity index (χ4v) is 5.02. The minimum Gasteiger partial charge on any atom is -0.504 e. The normalized spacial score (nSPS) is 33.1. The Hall–Kier alpha value is -3.34. The molecule has 0 amide bonds. The van der Waals surface area contributed by atoms with Crippen LogP contribution in [0.5, 0.6) is 11.5 Å². The number of rotatable bonds is 11. The summed E-state index contributed by atoms with van der Waals surface area (Å²) in [4.78, 5) is 24.6. The number of carboxylic acid groups (broad SMARTS) is 1. The Labute approximate surface area is 233 Å². The highest BCUT2D eigenvalue weighted by Gasteiger charge is 2.52. The molecule has 0 unspecified atom stereocenters. The van der Waals surface area contributed by atoms with Gasteiger partial charge < -0.3 is 59.4 Å². The van der Waals surface area contributed by atoms with Crippen LogP contribution in [0.4, 0.5) is 0 Å².